The fourth-order valence-electron chi connectivity index (χ4n) is 1.90. The smallest absolute Gasteiger partial charge is 0.272 e. The lowest BCUT2D eigenvalue weighted by Gasteiger charge is -2.01. The summed E-state index contributed by atoms with van der Waals surface area (Å²) in [4.78, 5) is 12.0. The molecule has 2 aromatic heterocycles. The lowest BCUT2D eigenvalue weighted by molar-refractivity contribution is 0.0945. The Morgan fingerprint density at radius 2 is 2.44 bits per heavy atom. The fourth-order valence-corrected chi connectivity index (χ4v) is 2.55. The summed E-state index contributed by atoms with van der Waals surface area (Å²) in [7, 11) is 0. The van der Waals surface area contributed by atoms with Crippen LogP contribution in [0.4, 0.5) is 0 Å². The van der Waals surface area contributed by atoms with E-state index in [0.717, 1.165) is 30.6 Å². The normalized spacial score (nSPS) is 14.7. The number of aryl methyl sites for hydroxylation is 1. The quantitative estimate of drug-likeness (QED) is 0.919. The zero-order valence-electron chi connectivity index (χ0n) is 10.2. The van der Waals surface area contributed by atoms with Crippen LogP contribution in [0.15, 0.2) is 22.9 Å². The molecular weight excluding hydrogens is 246 g/mol. The maximum atomic E-state index is 12.0. The van der Waals surface area contributed by atoms with Crippen LogP contribution in [-0.2, 0) is 6.54 Å². The van der Waals surface area contributed by atoms with Gasteiger partial charge in [0.05, 0.1) is 5.69 Å². The lowest BCUT2D eigenvalue weighted by atomic mass is 10.2. The number of hydrogen-bond acceptors (Lipinski definition) is 3. The number of hydrogen-bond donors (Lipinski definition) is 1. The van der Waals surface area contributed by atoms with E-state index in [1.54, 1.807) is 11.3 Å². The molecular formula is C13H15N3OS. The second kappa shape index (κ2) is 4.57. The van der Waals surface area contributed by atoms with Crippen molar-refractivity contribution in [3.63, 3.8) is 0 Å². The van der Waals surface area contributed by atoms with Crippen molar-refractivity contribution in [1.82, 2.24) is 15.1 Å². The predicted octanol–water partition coefficient (Wildman–Crippen LogP) is 2.52. The van der Waals surface area contributed by atoms with Crippen molar-refractivity contribution < 1.29 is 4.79 Å². The van der Waals surface area contributed by atoms with Crippen molar-refractivity contribution in [3.8, 4) is 11.3 Å². The van der Waals surface area contributed by atoms with Crippen molar-refractivity contribution in [3.05, 3.63) is 28.6 Å². The van der Waals surface area contributed by atoms with Gasteiger partial charge < -0.3 is 5.32 Å². The molecule has 0 aromatic carbocycles. The first-order valence-corrected chi connectivity index (χ1v) is 7.13. The summed E-state index contributed by atoms with van der Waals surface area (Å²) < 4.78 is 1.88. The molecule has 0 aliphatic heterocycles. The number of thiophene rings is 1. The minimum Gasteiger partial charge on any atom is -0.348 e. The number of carbonyl (C=O) groups is 1. The van der Waals surface area contributed by atoms with Crippen LogP contribution >= 0.6 is 11.3 Å². The Balaban J connectivity index is 1.90. The second-order valence-corrected chi connectivity index (χ2v) is 5.27. The van der Waals surface area contributed by atoms with Gasteiger partial charge in [0.15, 0.2) is 5.69 Å². The Labute approximate surface area is 110 Å². The summed E-state index contributed by atoms with van der Waals surface area (Å²) in [5.41, 5.74) is 2.66. The molecule has 1 saturated carbocycles. The highest BCUT2D eigenvalue weighted by molar-refractivity contribution is 7.08. The van der Waals surface area contributed by atoms with E-state index in [1.165, 1.54) is 0 Å². The minimum atomic E-state index is -0.0545. The first-order chi connectivity index (χ1) is 8.78. The van der Waals surface area contributed by atoms with E-state index in [9.17, 15) is 4.79 Å². The number of rotatable bonds is 4. The molecule has 0 radical (unpaired) electrons. The van der Waals surface area contributed by atoms with Gasteiger partial charge >= 0.3 is 0 Å². The largest absolute Gasteiger partial charge is 0.348 e. The SMILES string of the molecule is CCn1nc(C(=O)NC2CC2)cc1-c1ccsc1. The molecule has 0 bridgehead atoms. The topological polar surface area (TPSA) is 46.9 Å². The maximum Gasteiger partial charge on any atom is 0.272 e. The van der Waals surface area contributed by atoms with Crippen LogP contribution in [0.5, 0.6) is 0 Å². The number of aromatic nitrogens is 2. The van der Waals surface area contributed by atoms with Crippen LogP contribution in [-0.4, -0.2) is 21.7 Å². The first kappa shape index (κ1) is 11.5. The molecule has 0 spiro atoms. The van der Waals surface area contributed by atoms with Crippen molar-refractivity contribution in [2.24, 2.45) is 0 Å². The van der Waals surface area contributed by atoms with Gasteiger partial charge in [-0.05, 0) is 37.3 Å². The molecule has 2 heterocycles. The lowest BCUT2D eigenvalue weighted by Crippen LogP contribution is -2.25. The summed E-state index contributed by atoms with van der Waals surface area (Å²) in [6.07, 6.45) is 2.19. The monoisotopic (exact) mass is 261 g/mol. The van der Waals surface area contributed by atoms with Gasteiger partial charge in [-0.2, -0.15) is 16.4 Å². The van der Waals surface area contributed by atoms with Gasteiger partial charge in [-0.25, -0.2) is 0 Å². The standard InChI is InChI=1S/C13H15N3OS/c1-2-16-12(9-5-6-18-8-9)7-11(15-16)13(17)14-10-3-4-10/h5-8,10H,2-4H2,1H3,(H,14,17). The van der Waals surface area contributed by atoms with Crippen LogP contribution in [0, 0.1) is 0 Å². The predicted molar refractivity (Wildman–Crippen MR) is 71.7 cm³/mol. The highest BCUT2D eigenvalue weighted by Crippen LogP contribution is 2.24. The van der Waals surface area contributed by atoms with Crippen LogP contribution in [0.25, 0.3) is 11.3 Å². The molecule has 1 aliphatic rings. The Morgan fingerprint density at radius 1 is 1.61 bits per heavy atom. The van der Waals surface area contributed by atoms with Crippen LogP contribution in [0.2, 0.25) is 0 Å². The third-order valence-corrected chi connectivity index (χ3v) is 3.72. The molecule has 18 heavy (non-hydrogen) atoms. The molecule has 1 amide bonds. The third kappa shape index (κ3) is 2.18. The van der Waals surface area contributed by atoms with E-state index < -0.39 is 0 Å². The third-order valence-electron chi connectivity index (χ3n) is 3.04. The Bertz CT molecular complexity index is 555. The summed E-state index contributed by atoms with van der Waals surface area (Å²) in [5, 5.41) is 11.5. The summed E-state index contributed by atoms with van der Waals surface area (Å²) in [6, 6.07) is 4.30. The molecule has 4 nitrogen and oxygen atoms in total. The van der Waals surface area contributed by atoms with E-state index in [-0.39, 0.29) is 5.91 Å². The minimum absolute atomic E-state index is 0.0545. The number of carbonyl (C=O) groups excluding carboxylic acids is 1. The molecule has 3 rings (SSSR count). The van der Waals surface area contributed by atoms with E-state index in [1.807, 2.05) is 23.1 Å². The van der Waals surface area contributed by atoms with Gasteiger partial charge in [0.25, 0.3) is 5.91 Å². The van der Waals surface area contributed by atoms with E-state index in [2.05, 4.69) is 21.9 Å². The van der Waals surface area contributed by atoms with Crippen LogP contribution < -0.4 is 5.32 Å². The number of amides is 1. The van der Waals surface area contributed by atoms with Crippen molar-refractivity contribution >= 4 is 17.2 Å². The van der Waals surface area contributed by atoms with Crippen LogP contribution in [0.1, 0.15) is 30.3 Å². The molecule has 1 N–H and O–H groups in total. The van der Waals surface area contributed by atoms with Gasteiger partial charge in [-0.1, -0.05) is 0 Å². The summed E-state index contributed by atoms with van der Waals surface area (Å²) >= 11 is 1.65. The highest BCUT2D eigenvalue weighted by Gasteiger charge is 2.25. The Kier molecular flexibility index (Phi) is 2.91. The second-order valence-electron chi connectivity index (χ2n) is 4.49. The molecule has 0 atom stereocenters. The maximum absolute atomic E-state index is 12.0. The van der Waals surface area contributed by atoms with Gasteiger partial charge in [0.1, 0.15) is 0 Å². The molecule has 2 aromatic rings. The summed E-state index contributed by atoms with van der Waals surface area (Å²) in [5.74, 6) is -0.0545. The zero-order chi connectivity index (χ0) is 12.5. The highest BCUT2D eigenvalue weighted by atomic mass is 32.1. The van der Waals surface area contributed by atoms with E-state index >= 15 is 0 Å². The molecule has 5 heteroatoms. The average Bonchev–Trinajstić information content (AvgIpc) is 2.91. The van der Waals surface area contributed by atoms with Gasteiger partial charge in [-0.15, -0.1) is 0 Å². The van der Waals surface area contributed by atoms with Crippen molar-refractivity contribution in [2.45, 2.75) is 32.4 Å². The van der Waals surface area contributed by atoms with Crippen molar-refractivity contribution in [1.29, 1.82) is 0 Å². The first-order valence-electron chi connectivity index (χ1n) is 6.19. The Hall–Kier alpha value is -1.62. The molecule has 0 saturated heterocycles. The van der Waals surface area contributed by atoms with E-state index in [0.29, 0.717) is 11.7 Å². The summed E-state index contributed by atoms with van der Waals surface area (Å²) in [6.45, 7) is 2.80. The van der Waals surface area contributed by atoms with Crippen LogP contribution in [0.3, 0.4) is 0 Å². The van der Waals surface area contributed by atoms with Gasteiger partial charge in [-0.3, -0.25) is 9.48 Å². The fraction of sp³-hybridized carbons (Fsp3) is 0.385. The van der Waals surface area contributed by atoms with Gasteiger partial charge in [0, 0.05) is 23.5 Å². The molecule has 1 fully saturated rings. The Morgan fingerprint density at radius 3 is 3.06 bits per heavy atom. The number of nitrogens with one attached hydrogen (secondary N) is 1. The van der Waals surface area contributed by atoms with E-state index in [4.69, 9.17) is 0 Å². The molecule has 94 valence electrons. The average molecular weight is 261 g/mol. The van der Waals surface area contributed by atoms with Crippen molar-refractivity contribution in [2.75, 3.05) is 0 Å². The van der Waals surface area contributed by atoms with Gasteiger partial charge in [0.2, 0.25) is 0 Å². The zero-order valence-corrected chi connectivity index (χ0v) is 11.0. The number of nitrogens with zero attached hydrogens (tertiary/aromatic N) is 2. The molecule has 0 unspecified atom stereocenters. The molecule has 1 aliphatic carbocycles.